The number of methoxy groups -OCH3 is 1. The maximum atomic E-state index is 12.7. The van der Waals surface area contributed by atoms with E-state index in [9.17, 15) is 9.59 Å². The van der Waals surface area contributed by atoms with Crippen molar-refractivity contribution in [1.82, 2.24) is 5.32 Å². The molecule has 0 saturated carbocycles. The summed E-state index contributed by atoms with van der Waals surface area (Å²) in [6.07, 6.45) is 3.15. The maximum absolute atomic E-state index is 12.7. The molecule has 6 heteroatoms. The number of carbonyl (C=O) groups excluding carboxylic acids is 2. The zero-order valence-corrected chi connectivity index (χ0v) is 14.7. The van der Waals surface area contributed by atoms with Gasteiger partial charge in [0.05, 0.1) is 5.56 Å². The number of rotatable bonds is 7. The Morgan fingerprint density at radius 1 is 1.29 bits per heavy atom. The van der Waals surface area contributed by atoms with Crippen LogP contribution in [-0.2, 0) is 9.53 Å². The molecule has 1 saturated heterocycles. The Morgan fingerprint density at radius 3 is 2.62 bits per heavy atom. The second-order valence-corrected chi connectivity index (χ2v) is 6.19. The summed E-state index contributed by atoms with van der Waals surface area (Å²) < 4.78 is 4.83. The van der Waals surface area contributed by atoms with Crippen molar-refractivity contribution < 1.29 is 14.3 Å². The van der Waals surface area contributed by atoms with Crippen molar-refractivity contribution in [2.45, 2.75) is 39.2 Å². The molecule has 1 fully saturated rings. The molecule has 2 amide bonds. The van der Waals surface area contributed by atoms with E-state index in [-0.39, 0.29) is 24.5 Å². The van der Waals surface area contributed by atoms with Gasteiger partial charge in [-0.05, 0) is 44.4 Å². The monoisotopic (exact) mass is 333 g/mol. The summed E-state index contributed by atoms with van der Waals surface area (Å²) in [6, 6.07) is 5.61. The van der Waals surface area contributed by atoms with Crippen LogP contribution in [-0.4, -0.2) is 44.7 Å². The van der Waals surface area contributed by atoms with E-state index in [1.165, 1.54) is 7.11 Å². The third-order valence-corrected chi connectivity index (χ3v) is 4.24. The smallest absolute Gasteiger partial charge is 0.253 e. The number of carbonyl (C=O) groups is 2. The Bertz CT molecular complexity index is 583. The second kappa shape index (κ2) is 8.68. The van der Waals surface area contributed by atoms with Gasteiger partial charge in [-0.25, -0.2) is 0 Å². The number of hydrogen-bond acceptors (Lipinski definition) is 4. The summed E-state index contributed by atoms with van der Waals surface area (Å²) in [5, 5.41) is 5.77. The van der Waals surface area contributed by atoms with Crippen molar-refractivity contribution >= 4 is 23.2 Å². The largest absolute Gasteiger partial charge is 0.375 e. The van der Waals surface area contributed by atoms with Gasteiger partial charge >= 0.3 is 0 Å². The minimum absolute atomic E-state index is 0.0116. The molecule has 2 rings (SSSR count). The third kappa shape index (κ3) is 4.71. The molecule has 24 heavy (non-hydrogen) atoms. The summed E-state index contributed by atoms with van der Waals surface area (Å²) in [4.78, 5) is 26.6. The topological polar surface area (TPSA) is 70.7 Å². The van der Waals surface area contributed by atoms with Gasteiger partial charge in [-0.2, -0.15) is 0 Å². The second-order valence-electron chi connectivity index (χ2n) is 6.19. The predicted molar refractivity (Wildman–Crippen MR) is 95.6 cm³/mol. The number of nitrogens with one attached hydrogen (secondary N) is 2. The van der Waals surface area contributed by atoms with Gasteiger partial charge in [0.15, 0.2) is 0 Å². The van der Waals surface area contributed by atoms with Crippen LogP contribution in [0.3, 0.4) is 0 Å². The van der Waals surface area contributed by atoms with E-state index in [2.05, 4.69) is 15.5 Å². The van der Waals surface area contributed by atoms with Gasteiger partial charge in [0.25, 0.3) is 5.91 Å². The predicted octanol–water partition coefficient (Wildman–Crippen LogP) is 2.40. The summed E-state index contributed by atoms with van der Waals surface area (Å²) in [7, 11) is 1.47. The van der Waals surface area contributed by atoms with Crippen molar-refractivity contribution in [3.63, 3.8) is 0 Å². The molecule has 0 bridgehead atoms. The molecule has 2 N–H and O–H groups in total. The minimum atomic E-state index is -0.236. The summed E-state index contributed by atoms with van der Waals surface area (Å²) in [5.74, 6) is -0.339. The molecule has 0 unspecified atom stereocenters. The van der Waals surface area contributed by atoms with Crippen molar-refractivity contribution in [2.75, 3.05) is 37.0 Å². The number of anilines is 2. The highest BCUT2D eigenvalue weighted by Gasteiger charge is 2.21. The fraction of sp³-hybridized carbons (Fsp3) is 0.556. The van der Waals surface area contributed by atoms with E-state index < -0.39 is 0 Å². The van der Waals surface area contributed by atoms with E-state index in [1.54, 1.807) is 6.07 Å². The summed E-state index contributed by atoms with van der Waals surface area (Å²) >= 11 is 0. The maximum Gasteiger partial charge on any atom is 0.253 e. The number of hydrogen-bond donors (Lipinski definition) is 2. The van der Waals surface area contributed by atoms with E-state index in [0.717, 1.165) is 38.0 Å². The highest BCUT2D eigenvalue weighted by molar-refractivity contribution is 6.02. The first-order valence-electron chi connectivity index (χ1n) is 8.53. The van der Waals surface area contributed by atoms with Gasteiger partial charge in [-0.3, -0.25) is 9.59 Å². The first-order valence-corrected chi connectivity index (χ1v) is 8.53. The fourth-order valence-corrected chi connectivity index (χ4v) is 2.76. The van der Waals surface area contributed by atoms with Crippen LogP contribution in [0.5, 0.6) is 0 Å². The van der Waals surface area contributed by atoms with E-state index in [1.807, 2.05) is 26.0 Å². The fourth-order valence-electron chi connectivity index (χ4n) is 2.76. The van der Waals surface area contributed by atoms with Gasteiger partial charge < -0.3 is 20.3 Å². The van der Waals surface area contributed by atoms with E-state index in [4.69, 9.17) is 4.74 Å². The number of nitrogens with zero attached hydrogens (tertiary/aromatic N) is 1. The first kappa shape index (κ1) is 18.3. The Balaban J connectivity index is 2.26. The van der Waals surface area contributed by atoms with E-state index in [0.29, 0.717) is 11.3 Å². The molecule has 1 aromatic carbocycles. The van der Waals surface area contributed by atoms with Gasteiger partial charge in [0, 0.05) is 37.6 Å². The zero-order valence-electron chi connectivity index (χ0n) is 14.7. The molecule has 1 heterocycles. The van der Waals surface area contributed by atoms with Crippen LogP contribution in [0.4, 0.5) is 11.4 Å². The van der Waals surface area contributed by atoms with Crippen LogP contribution < -0.4 is 15.5 Å². The van der Waals surface area contributed by atoms with Crippen LogP contribution in [0, 0.1) is 0 Å². The van der Waals surface area contributed by atoms with Gasteiger partial charge in [-0.1, -0.05) is 6.92 Å². The highest BCUT2D eigenvalue weighted by Crippen LogP contribution is 2.27. The lowest BCUT2D eigenvalue weighted by Gasteiger charge is -2.23. The standard InChI is InChI=1S/C18H27N3O3/c1-4-13(2)19-18(23)15-11-14(20-17(22)12-24-3)7-8-16(15)21-9-5-6-10-21/h7-8,11,13H,4-6,9-10,12H2,1-3H3,(H,19,23)(H,20,22)/t13-/m1/s1. The Kier molecular flexibility index (Phi) is 6.61. The third-order valence-electron chi connectivity index (χ3n) is 4.24. The molecule has 1 aliphatic heterocycles. The summed E-state index contributed by atoms with van der Waals surface area (Å²) in [6.45, 7) is 5.92. The van der Waals surface area contributed by atoms with Crippen LogP contribution in [0.15, 0.2) is 18.2 Å². The molecule has 0 radical (unpaired) electrons. The van der Waals surface area contributed by atoms with Crippen molar-refractivity contribution in [3.05, 3.63) is 23.8 Å². The number of benzene rings is 1. The zero-order chi connectivity index (χ0) is 17.5. The van der Waals surface area contributed by atoms with Crippen LogP contribution in [0.1, 0.15) is 43.5 Å². The number of amides is 2. The molecule has 1 atom stereocenters. The van der Waals surface area contributed by atoms with Crippen molar-refractivity contribution in [1.29, 1.82) is 0 Å². The van der Waals surface area contributed by atoms with Gasteiger partial charge in [0.1, 0.15) is 6.61 Å². The molecule has 132 valence electrons. The van der Waals surface area contributed by atoms with Gasteiger partial charge in [-0.15, -0.1) is 0 Å². The van der Waals surface area contributed by atoms with Crippen molar-refractivity contribution in [3.8, 4) is 0 Å². The summed E-state index contributed by atoms with van der Waals surface area (Å²) in [5.41, 5.74) is 2.14. The lowest BCUT2D eigenvalue weighted by Crippen LogP contribution is -2.33. The average molecular weight is 333 g/mol. The quantitative estimate of drug-likeness (QED) is 0.804. The Labute approximate surface area is 143 Å². The normalized spacial score (nSPS) is 15.2. The molecule has 0 spiro atoms. The van der Waals surface area contributed by atoms with E-state index >= 15 is 0 Å². The molecule has 0 aliphatic carbocycles. The Morgan fingerprint density at radius 2 is 2.00 bits per heavy atom. The molecule has 6 nitrogen and oxygen atoms in total. The first-order chi connectivity index (χ1) is 11.5. The van der Waals surface area contributed by atoms with Crippen LogP contribution in [0.25, 0.3) is 0 Å². The highest BCUT2D eigenvalue weighted by atomic mass is 16.5. The molecule has 1 aliphatic rings. The molecule has 1 aromatic rings. The van der Waals surface area contributed by atoms with Crippen LogP contribution >= 0.6 is 0 Å². The molecular weight excluding hydrogens is 306 g/mol. The van der Waals surface area contributed by atoms with Crippen LogP contribution in [0.2, 0.25) is 0 Å². The molecule has 0 aromatic heterocycles. The minimum Gasteiger partial charge on any atom is -0.375 e. The van der Waals surface area contributed by atoms with Crippen molar-refractivity contribution in [2.24, 2.45) is 0 Å². The lowest BCUT2D eigenvalue weighted by atomic mass is 10.1. The number of ether oxygens (including phenoxy) is 1. The van der Waals surface area contributed by atoms with Gasteiger partial charge in [0.2, 0.25) is 5.91 Å². The SMILES string of the molecule is CC[C@@H](C)NC(=O)c1cc(NC(=O)COC)ccc1N1CCCC1. The lowest BCUT2D eigenvalue weighted by molar-refractivity contribution is -0.119. The average Bonchev–Trinajstić information content (AvgIpc) is 3.09. The Hall–Kier alpha value is -2.08. The molecular formula is C18H27N3O3.